The maximum absolute atomic E-state index is 12.6. The van der Waals surface area contributed by atoms with Gasteiger partial charge >= 0.3 is 11.9 Å². The lowest BCUT2D eigenvalue weighted by molar-refractivity contribution is 0.0324. The maximum Gasteiger partial charge on any atom is 0.339 e. The number of carbonyl (C=O) groups is 2. The summed E-state index contributed by atoms with van der Waals surface area (Å²) in [5.74, 6) is -1.03. The van der Waals surface area contributed by atoms with Crippen LogP contribution in [-0.2, 0) is 9.47 Å². The molecule has 0 aliphatic carbocycles. The molecule has 2 rings (SSSR count). The first kappa shape index (κ1) is 22.2. The van der Waals surface area contributed by atoms with Crippen molar-refractivity contribution in [1.82, 2.24) is 0 Å². The van der Waals surface area contributed by atoms with Gasteiger partial charge in [0, 0.05) is 4.47 Å². The van der Waals surface area contributed by atoms with Gasteiger partial charge in [-0.3, -0.25) is 0 Å². The van der Waals surface area contributed by atoms with Crippen molar-refractivity contribution in [1.29, 1.82) is 0 Å². The van der Waals surface area contributed by atoms with Crippen molar-refractivity contribution in [3.63, 3.8) is 0 Å². The highest BCUT2D eigenvalue weighted by Crippen LogP contribution is 2.23. The van der Waals surface area contributed by atoms with Gasteiger partial charge in [0.05, 0.1) is 17.7 Å². The van der Waals surface area contributed by atoms with Gasteiger partial charge in [-0.2, -0.15) is 0 Å². The zero-order valence-corrected chi connectivity index (χ0v) is 18.0. The Morgan fingerprint density at radius 3 is 2.29 bits per heavy atom. The fourth-order valence-electron chi connectivity index (χ4n) is 2.84. The van der Waals surface area contributed by atoms with Crippen molar-refractivity contribution in [2.24, 2.45) is 0 Å². The molecule has 2 aromatic rings. The standard InChI is InChI=1S/C23H27BrO4/c1-3-4-5-6-9-15-27-22(25)20-13-7-8-14-21(20)23(26)28-17(2)18-11-10-12-19(24)16-18/h7-8,10-14,16-17H,3-6,9,15H2,1-2H3. The van der Waals surface area contributed by atoms with Crippen molar-refractivity contribution in [3.05, 3.63) is 69.7 Å². The second-order valence-electron chi connectivity index (χ2n) is 6.70. The van der Waals surface area contributed by atoms with E-state index in [2.05, 4.69) is 22.9 Å². The fourth-order valence-corrected chi connectivity index (χ4v) is 3.26. The molecule has 0 aliphatic heterocycles. The highest BCUT2D eigenvalue weighted by Gasteiger charge is 2.21. The summed E-state index contributed by atoms with van der Waals surface area (Å²) in [7, 11) is 0. The van der Waals surface area contributed by atoms with Gasteiger partial charge < -0.3 is 9.47 Å². The molecule has 0 radical (unpaired) electrons. The molecule has 4 nitrogen and oxygen atoms in total. The Hall–Kier alpha value is -2.14. The summed E-state index contributed by atoms with van der Waals surface area (Å²) in [6.07, 6.45) is 4.94. The Bertz CT molecular complexity index is 788. The summed E-state index contributed by atoms with van der Waals surface area (Å²) in [6.45, 7) is 4.32. The average Bonchev–Trinajstić information content (AvgIpc) is 2.70. The zero-order valence-electron chi connectivity index (χ0n) is 16.4. The number of rotatable bonds is 10. The second-order valence-corrected chi connectivity index (χ2v) is 7.61. The monoisotopic (exact) mass is 446 g/mol. The van der Waals surface area contributed by atoms with E-state index < -0.39 is 18.0 Å². The van der Waals surface area contributed by atoms with Crippen LogP contribution in [0, 0.1) is 0 Å². The van der Waals surface area contributed by atoms with Gasteiger partial charge in [0.15, 0.2) is 0 Å². The van der Waals surface area contributed by atoms with Crippen LogP contribution in [0.3, 0.4) is 0 Å². The number of ether oxygens (including phenoxy) is 2. The van der Waals surface area contributed by atoms with Crippen LogP contribution in [0.1, 0.15) is 78.3 Å². The fraction of sp³-hybridized carbons (Fsp3) is 0.391. The van der Waals surface area contributed by atoms with E-state index >= 15 is 0 Å². The molecule has 2 aromatic carbocycles. The van der Waals surface area contributed by atoms with Crippen molar-refractivity contribution in [3.8, 4) is 0 Å². The predicted octanol–water partition coefficient (Wildman–Crippen LogP) is 6.49. The smallest absolute Gasteiger partial charge is 0.339 e. The van der Waals surface area contributed by atoms with Gasteiger partial charge in [0.1, 0.15) is 6.10 Å². The molecule has 0 aromatic heterocycles. The molecule has 5 heteroatoms. The van der Waals surface area contributed by atoms with Crippen molar-refractivity contribution in [2.45, 2.75) is 52.1 Å². The van der Waals surface area contributed by atoms with Crippen LogP contribution in [0.2, 0.25) is 0 Å². The molecule has 0 heterocycles. The van der Waals surface area contributed by atoms with E-state index in [9.17, 15) is 9.59 Å². The second kappa shape index (κ2) is 11.6. The van der Waals surface area contributed by atoms with E-state index in [4.69, 9.17) is 9.47 Å². The molecular weight excluding hydrogens is 420 g/mol. The van der Waals surface area contributed by atoms with E-state index in [0.717, 1.165) is 29.3 Å². The molecule has 0 saturated carbocycles. The number of halogens is 1. The summed E-state index contributed by atoms with van der Waals surface area (Å²) >= 11 is 3.41. The summed E-state index contributed by atoms with van der Waals surface area (Å²) in [5.41, 5.74) is 1.33. The van der Waals surface area contributed by atoms with E-state index in [1.807, 2.05) is 24.3 Å². The summed E-state index contributed by atoms with van der Waals surface area (Å²) in [4.78, 5) is 25.1. The number of benzene rings is 2. The van der Waals surface area contributed by atoms with Crippen LogP contribution in [0.4, 0.5) is 0 Å². The first-order valence-electron chi connectivity index (χ1n) is 9.75. The normalized spacial score (nSPS) is 11.7. The Balaban J connectivity index is 1.98. The Kier molecular flexibility index (Phi) is 9.21. The lowest BCUT2D eigenvalue weighted by Gasteiger charge is -2.15. The Morgan fingerprint density at radius 2 is 1.61 bits per heavy atom. The molecule has 150 valence electrons. The third-order valence-corrected chi connectivity index (χ3v) is 4.94. The van der Waals surface area contributed by atoms with E-state index in [0.29, 0.717) is 6.61 Å². The first-order valence-corrected chi connectivity index (χ1v) is 10.5. The molecule has 0 fully saturated rings. The Morgan fingerprint density at radius 1 is 0.929 bits per heavy atom. The number of esters is 2. The summed E-state index contributed by atoms with van der Waals surface area (Å²) < 4.78 is 11.8. The predicted molar refractivity (Wildman–Crippen MR) is 113 cm³/mol. The number of hydrogen-bond donors (Lipinski definition) is 0. The molecule has 0 amide bonds. The van der Waals surface area contributed by atoms with Gasteiger partial charge in [-0.15, -0.1) is 0 Å². The molecule has 0 N–H and O–H groups in total. The number of hydrogen-bond acceptors (Lipinski definition) is 4. The van der Waals surface area contributed by atoms with Crippen molar-refractivity contribution < 1.29 is 19.1 Å². The molecule has 0 spiro atoms. The molecule has 0 aliphatic rings. The topological polar surface area (TPSA) is 52.6 Å². The highest BCUT2D eigenvalue weighted by atomic mass is 79.9. The molecule has 0 saturated heterocycles. The number of unbranched alkanes of at least 4 members (excludes halogenated alkanes) is 4. The molecule has 1 unspecified atom stereocenters. The number of carbonyl (C=O) groups excluding carboxylic acids is 2. The summed E-state index contributed by atoms with van der Waals surface area (Å²) in [6, 6.07) is 14.2. The third kappa shape index (κ3) is 6.79. The van der Waals surface area contributed by atoms with Gasteiger partial charge in [0.25, 0.3) is 0 Å². The van der Waals surface area contributed by atoms with Crippen LogP contribution in [0.5, 0.6) is 0 Å². The third-order valence-electron chi connectivity index (χ3n) is 4.45. The lowest BCUT2D eigenvalue weighted by atomic mass is 10.1. The zero-order chi connectivity index (χ0) is 20.4. The van der Waals surface area contributed by atoms with Crippen LogP contribution in [-0.4, -0.2) is 18.5 Å². The van der Waals surface area contributed by atoms with Crippen LogP contribution < -0.4 is 0 Å². The molecule has 28 heavy (non-hydrogen) atoms. The van der Waals surface area contributed by atoms with Crippen molar-refractivity contribution >= 4 is 27.9 Å². The molecular formula is C23H27BrO4. The lowest BCUT2D eigenvalue weighted by Crippen LogP contribution is -2.16. The SMILES string of the molecule is CCCCCCCOC(=O)c1ccccc1C(=O)OC(C)c1cccc(Br)c1. The highest BCUT2D eigenvalue weighted by molar-refractivity contribution is 9.10. The van der Waals surface area contributed by atoms with Crippen LogP contribution in [0.25, 0.3) is 0 Å². The van der Waals surface area contributed by atoms with E-state index in [1.165, 1.54) is 12.8 Å². The minimum atomic E-state index is -0.539. The maximum atomic E-state index is 12.6. The average molecular weight is 447 g/mol. The molecule has 0 bridgehead atoms. The largest absolute Gasteiger partial charge is 0.462 e. The van der Waals surface area contributed by atoms with Gasteiger partial charge in [-0.1, -0.05) is 72.8 Å². The Labute approximate surface area is 175 Å². The quantitative estimate of drug-likeness (QED) is 0.308. The first-order chi connectivity index (χ1) is 13.5. The summed E-state index contributed by atoms with van der Waals surface area (Å²) in [5, 5.41) is 0. The van der Waals surface area contributed by atoms with Gasteiger partial charge in [-0.05, 0) is 43.2 Å². The van der Waals surface area contributed by atoms with Gasteiger partial charge in [-0.25, -0.2) is 9.59 Å². The van der Waals surface area contributed by atoms with Gasteiger partial charge in [0.2, 0.25) is 0 Å². The minimum absolute atomic E-state index is 0.223. The van der Waals surface area contributed by atoms with Crippen molar-refractivity contribution in [2.75, 3.05) is 6.61 Å². The van der Waals surface area contributed by atoms with Crippen LogP contribution >= 0.6 is 15.9 Å². The van der Waals surface area contributed by atoms with Crippen LogP contribution in [0.15, 0.2) is 53.0 Å². The van der Waals surface area contributed by atoms with E-state index in [-0.39, 0.29) is 11.1 Å². The minimum Gasteiger partial charge on any atom is -0.462 e. The van der Waals surface area contributed by atoms with E-state index in [1.54, 1.807) is 31.2 Å². The molecule has 1 atom stereocenters.